The molecule has 0 aliphatic carbocycles. The molecule has 1 unspecified atom stereocenters. The van der Waals surface area contributed by atoms with Crippen molar-refractivity contribution in [3.05, 3.63) is 24.3 Å². The van der Waals surface area contributed by atoms with Gasteiger partial charge in [-0.05, 0) is 39.8 Å². The van der Waals surface area contributed by atoms with Crippen molar-refractivity contribution in [3.8, 4) is 5.75 Å². The Morgan fingerprint density at radius 2 is 1.57 bits per heavy atom. The summed E-state index contributed by atoms with van der Waals surface area (Å²) in [5, 5.41) is 9.75. The first-order chi connectivity index (χ1) is 14.2. The monoisotopic (exact) mass is 420 g/mol. The van der Waals surface area contributed by atoms with Crippen LogP contribution in [-0.2, 0) is 23.7 Å². The lowest BCUT2D eigenvalue weighted by Crippen LogP contribution is -2.59. The fraction of sp³-hybridized carbons (Fsp3) is 0.727. The molecule has 0 amide bonds. The molecule has 8 nitrogen and oxygen atoms in total. The molecule has 0 aromatic heterocycles. The molecule has 4 fully saturated rings. The van der Waals surface area contributed by atoms with Crippen LogP contribution in [0.2, 0.25) is 0 Å². The molecule has 0 saturated carbocycles. The average Bonchev–Trinajstić information content (AvgIpc) is 3.17. The van der Waals surface area contributed by atoms with Gasteiger partial charge >= 0.3 is 0 Å². The van der Waals surface area contributed by atoms with Crippen LogP contribution in [-0.4, -0.2) is 85.0 Å². The van der Waals surface area contributed by atoms with Crippen LogP contribution in [0.5, 0.6) is 5.75 Å². The summed E-state index contributed by atoms with van der Waals surface area (Å²) in [6.45, 7) is 12.0. The van der Waals surface area contributed by atoms with Crippen molar-refractivity contribution in [3.63, 3.8) is 0 Å². The number of piperazine rings is 1. The molecule has 0 radical (unpaired) electrons. The van der Waals surface area contributed by atoms with E-state index in [0.717, 1.165) is 38.4 Å². The van der Waals surface area contributed by atoms with Gasteiger partial charge in [0.05, 0.1) is 0 Å². The molecule has 5 atom stereocenters. The Balaban J connectivity index is 1.25. The van der Waals surface area contributed by atoms with Gasteiger partial charge in [-0.3, -0.25) is 4.90 Å². The summed E-state index contributed by atoms with van der Waals surface area (Å²) < 4.78 is 30.9. The maximum absolute atomic E-state index is 9.75. The van der Waals surface area contributed by atoms with Crippen molar-refractivity contribution >= 4 is 5.69 Å². The van der Waals surface area contributed by atoms with Gasteiger partial charge in [0.15, 0.2) is 17.9 Å². The molecule has 5 rings (SSSR count). The Labute approximate surface area is 177 Å². The van der Waals surface area contributed by atoms with E-state index in [-0.39, 0.29) is 24.4 Å². The third-order valence-electron chi connectivity index (χ3n) is 6.26. The maximum atomic E-state index is 9.75. The second kappa shape index (κ2) is 7.32. The van der Waals surface area contributed by atoms with Crippen molar-refractivity contribution in [2.75, 3.05) is 37.6 Å². The zero-order chi connectivity index (χ0) is 21.1. The molecule has 30 heavy (non-hydrogen) atoms. The van der Waals surface area contributed by atoms with E-state index >= 15 is 0 Å². The number of nitrogens with zero attached hydrogens (tertiary/aromatic N) is 2. The predicted molar refractivity (Wildman–Crippen MR) is 109 cm³/mol. The van der Waals surface area contributed by atoms with Crippen molar-refractivity contribution in [1.29, 1.82) is 0 Å². The molecule has 0 bridgehead atoms. The van der Waals surface area contributed by atoms with Crippen molar-refractivity contribution in [2.24, 2.45) is 0 Å². The van der Waals surface area contributed by atoms with Gasteiger partial charge in [0.2, 0.25) is 0 Å². The highest BCUT2D eigenvalue weighted by Gasteiger charge is 2.60. The Kier molecular flexibility index (Phi) is 5.00. The first kappa shape index (κ1) is 20.5. The number of ether oxygens (including phenoxy) is 5. The Bertz CT molecular complexity index is 779. The number of benzene rings is 1. The molecule has 0 spiro atoms. The van der Waals surface area contributed by atoms with E-state index in [1.807, 2.05) is 45.9 Å². The second-order valence-corrected chi connectivity index (χ2v) is 9.52. The minimum atomic E-state index is -0.697. The van der Waals surface area contributed by atoms with Gasteiger partial charge in [0.25, 0.3) is 0 Å². The van der Waals surface area contributed by atoms with Gasteiger partial charge in [-0.25, -0.2) is 0 Å². The van der Waals surface area contributed by atoms with Crippen molar-refractivity contribution in [2.45, 2.75) is 70.0 Å². The first-order valence-corrected chi connectivity index (χ1v) is 10.8. The van der Waals surface area contributed by atoms with Crippen LogP contribution < -0.4 is 4.90 Å². The Morgan fingerprint density at radius 3 is 2.30 bits per heavy atom. The fourth-order valence-corrected chi connectivity index (χ4v) is 4.97. The van der Waals surface area contributed by atoms with Crippen LogP contribution in [0.25, 0.3) is 0 Å². The van der Waals surface area contributed by atoms with Crippen LogP contribution in [0, 0.1) is 0 Å². The third kappa shape index (κ3) is 3.92. The van der Waals surface area contributed by atoms with Gasteiger partial charge in [-0.2, -0.15) is 0 Å². The largest absolute Gasteiger partial charge is 0.508 e. The topological polar surface area (TPSA) is 72.9 Å². The first-order valence-electron chi connectivity index (χ1n) is 10.8. The molecule has 4 aliphatic rings. The Morgan fingerprint density at radius 1 is 0.900 bits per heavy atom. The standard InChI is InChI=1S/C22H32N2O6/c1-21(2)27-17-16(26-20-19(18(17)28-21)29-22(3,4)30-20)13-23-8-10-24(11-9-23)14-6-5-7-15(25)12-14/h5-7,12,16-20,25H,8-11,13H2,1-4H3/t16-,17+,18+,19-,20?/m1/s1. The van der Waals surface area contributed by atoms with E-state index in [0.29, 0.717) is 5.75 Å². The van der Waals surface area contributed by atoms with Gasteiger partial charge in [-0.1, -0.05) is 6.07 Å². The highest BCUT2D eigenvalue weighted by atomic mass is 16.9. The van der Waals surface area contributed by atoms with Crippen LogP contribution in [0.1, 0.15) is 27.7 Å². The number of hydrogen-bond acceptors (Lipinski definition) is 8. The molecule has 1 N–H and O–H groups in total. The molecular weight excluding hydrogens is 388 g/mol. The number of rotatable bonds is 3. The molecule has 8 heteroatoms. The summed E-state index contributed by atoms with van der Waals surface area (Å²) >= 11 is 0. The van der Waals surface area contributed by atoms with Crippen LogP contribution in [0.15, 0.2) is 24.3 Å². The number of phenols is 1. The fourth-order valence-electron chi connectivity index (χ4n) is 4.97. The molecule has 1 aromatic rings. The zero-order valence-electron chi connectivity index (χ0n) is 18.1. The average molecular weight is 421 g/mol. The number of anilines is 1. The number of phenolic OH excluding ortho intramolecular Hbond substituents is 1. The number of fused-ring (bicyclic) bond motifs is 3. The van der Waals surface area contributed by atoms with Crippen molar-refractivity contribution < 1.29 is 28.8 Å². The van der Waals surface area contributed by atoms with Gasteiger partial charge in [0.1, 0.15) is 30.2 Å². The summed E-state index contributed by atoms with van der Waals surface area (Å²) in [7, 11) is 0. The molecule has 4 heterocycles. The molecule has 1 aromatic carbocycles. The van der Waals surface area contributed by atoms with Crippen LogP contribution in [0.4, 0.5) is 5.69 Å². The lowest BCUT2D eigenvalue weighted by molar-refractivity contribution is -0.236. The predicted octanol–water partition coefficient (Wildman–Crippen LogP) is 1.91. The summed E-state index contributed by atoms with van der Waals surface area (Å²) in [6.07, 6.45) is -1.28. The van der Waals surface area contributed by atoms with Crippen molar-refractivity contribution in [1.82, 2.24) is 4.90 Å². The summed E-state index contributed by atoms with van der Waals surface area (Å²) in [5.74, 6) is -1.07. The number of hydrogen-bond donors (Lipinski definition) is 1. The van der Waals surface area contributed by atoms with E-state index in [1.54, 1.807) is 6.07 Å². The highest BCUT2D eigenvalue weighted by molar-refractivity contribution is 5.50. The van der Waals surface area contributed by atoms with E-state index in [1.165, 1.54) is 0 Å². The number of aromatic hydroxyl groups is 1. The highest BCUT2D eigenvalue weighted by Crippen LogP contribution is 2.44. The minimum Gasteiger partial charge on any atom is -0.508 e. The van der Waals surface area contributed by atoms with Gasteiger partial charge < -0.3 is 33.7 Å². The normalized spacial score (nSPS) is 37.7. The van der Waals surface area contributed by atoms with Gasteiger partial charge in [0, 0.05) is 44.5 Å². The van der Waals surface area contributed by atoms with Crippen LogP contribution >= 0.6 is 0 Å². The molecule has 166 valence electrons. The minimum absolute atomic E-state index is 0.150. The summed E-state index contributed by atoms with van der Waals surface area (Å²) in [4.78, 5) is 4.70. The summed E-state index contributed by atoms with van der Waals surface area (Å²) in [6, 6.07) is 7.43. The summed E-state index contributed by atoms with van der Waals surface area (Å²) in [5.41, 5.74) is 1.06. The second-order valence-electron chi connectivity index (χ2n) is 9.52. The van der Waals surface area contributed by atoms with Gasteiger partial charge in [-0.15, -0.1) is 0 Å². The lowest BCUT2D eigenvalue weighted by Gasteiger charge is -2.42. The van der Waals surface area contributed by atoms with Crippen LogP contribution in [0.3, 0.4) is 0 Å². The molecule has 4 saturated heterocycles. The third-order valence-corrected chi connectivity index (χ3v) is 6.26. The smallest absolute Gasteiger partial charge is 0.190 e. The maximum Gasteiger partial charge on any atom is 0.190 e. The quantitative estimate of drug-likeness (QED) is 0.795. The van der Waals surface area contributed by atoms with E-state index in [2.05, 4.69) is 9.80 Å². The Hall–Kier alpha value is -1.42. The SMILES string of the molecule is CC1(C)O[C@@H]2[C@H](O1)[C@H]1OC(C)(C)OC1O[C@@H]2CN1CCN(c2cccc(O)c2)CC1. The van der Waals surface area contributed by atoms with E-state index in [9.17, 15) is 5.11 Å². The zero-order valence-corrected chi connectivity index (χ0v) is 18.1. The lowest BCUT2D eigenvalue weighted by atomic mass is 9.98. The van der Waals surface area contributed by atoms with E-state index < -0.39 is 17.9 Å². The molecule has 4 aliphatic heterocycles. The molecular formula is C22H32N2O6. The van der Waals surface area contributed by atoms with E-state index in [4.69, 9.17) is 23.7 Å².